The molecule has 0 spiro atoms. The number of nitrogens with zero attached hydrogens (tertiary/aromatic N) is 1. The smallest absolute Gasteiger partial charge is 0.240 e. The summed E-state index contributed by atoms with van der Waals surface area (Å²) < 4.78 is 13.6. The molecule has 2 fully saturated rings. The Bertz CT molecular complexity index is 795. The first-order valence-electron chi connectivity index (χ1n) is 8.70. The minimum atomic E-state index is -0.354. The number of hydrogen-bond acceptors (Lipinski definition) is 3. The SMILES string of the molecule is O=C(CN1C(=O)[C@@H]2[C@H](C1=O)[C@H]1C=C[C@H]2C1)NCCc1ccc(F)c(Br)c1. The van der Waals surface area contributed by atoms with Crippen molar-refractivity contribution in [3.8, 4) is 0 Å². The maximum atomic E-state index is 13.2. The molecule has 1 N–H and O–H groups in total. The van der Waals surface area contributed by atoms with Crippen molar-refractivity contribution in [1.82, 2.24) is 10.2 Å². The number of rotatable bonds is 5. The molecule has 0 aromatic heterocycles. The van der Waals surface area contributed by atoms with E-state index in [2.05, 4.69) is 21.2 Å². The van der Waals surface area contributed by atoms with Crippen molar-refractivity contribution in [3.63, 3.8) is 0 Å². The summed E-state index contributed by atoms with van der Waals surface area (Å²) in [4.78, 5) is 38.3. The number of amides is 3. The lowest BCUT2D eigenvalue weighted by atomic mass is 9.85. The standard InChI is InChI=1S/C19H18BrFN2O3/c20-13-7-10(1-4-14(13)21)5-6-22-15(24)9-23-18(25)16-11-2-3-12(8-11)17(16)19(23)26/h1-4,7,11-12,16-17H,5-6,8-9H2,(H,22,24)/t11-,12-,16-,17+/m0/s1. The molecule has 0 radical (unpaired) electrons. The second kappa shape index (κ2) is 6.61. The van der Waals surface area contributed by atoms with Gasteiger partial charge in [-0.3, -0.25) is 19.3 Å². The topological polar surface area (TPSA) is 66.5 Å². The van der Waals surface area contributed by atoms with Gasteiger partial charge >= 0.3 is 0 Å². The van der Waals surface area contributed by atoms with Crippen LogP contribution in [0.2, 0.25) is 0 Å². The largest absolute Gasteiger partial charge is 0.354 e. The van der Waals surface area contributed by atoms with Crippen LogP contribution in [0.3, 0.4) is 0 Å². The number of benzene rings is 1. The predicted molar refractivity (Wildman–Crippen MR) is 95.3 cm³/mol. The first-order valence-corrected chi connectivity index (χ1v) is 9.49. The lowest BCUT2D eigenvalue weighted by Gasteiger charge is -2.16. The molecule has 7 heteroatoms. The summed E-state index contributed by atoms with van der Waals surface area (Å²) in [6.45, 7) is 0.129. The molecule has 1 heterocycles. The molecule has 1 aromatic rings. The minimum Gasteiger partial charge on any atom is -0.354 e. The fourth-order valence-electron chi connectivity index (χ4n) is 4.36. The van der Waals surface area contributed by atoms with Crippen LogP contribution < -0.4 is 5.32 Å². The molecule has 0 unspecified atom stereocenters. The minimum absolute atomic E-state index is 0.145. The molecule has 2 bridgehead atoms. The molecule has 1 saturated carbocycles. The third-order valence-electron chi connectivity index (χ3n) is 5.58. The number of carbonyl (C=O) groups is 3. The second-order valence-corrected chi connectivity index (χ2v) is 7.97. The highest BCUT2D eigenvalue weighted by Crippen LogP contribution is 2.52. The number of carbonyl (C=O) groups excluding carboxylic acids is 3. The molecule has 5 nitrogen and oxygen atoms in total. The Hall–Kier alpha value is -2.02. The van der Waals surface area contributed by atoms with Crippen LogP contribution in [0.5, 0.6) is 0 Å². The molecule has 1 aromatic carbocycles. The average Bonchev–Trinajstić information content (AvgIpc) is 3.28. The van der Waals surface area contributed by atoms with E-state index < -0.39 is 0 Å². The number of halogens is 2. The summed E-state index contributed by atoms with van der Waals surface area (Å²) in [6, 6.07) is 4.69. The van der Waals surface area contributed by atoms with Crippen LogP contribution in [0.4, 0.5) is 4.39 Å². The van der Waals surface area contributed by atoms with E-state index in [9.17, 15) is 18.8 Å². The third-order valence-corrected chi connectivity index (χ3v) is 6.19. The van der Waals surface area contributed by atoms with Gasteiger partial charge in [-0.1, -0.05) is 18.2 Å². The van der Waals surface area contributed by atoms with Crippen molar-refractivity contribution in [1.29, 1.82) is 0 Å². The zero-order valence-electron chi connectivity index (χ0n) is 14.0. The van der Waals surface area contributed by atoms with Gasteiger partial charge in [-0.15, -0.1) is 0 Å². The maximum absolute atomic E-state index is 13.2. The van der Waals surface area contributed by atoms with Crippen LogP contribution in [0.1, 0.15) is 12.0 Å². The Morgan fingerprint density at radius 3 is 2.46 bits per heavy atom. The second-order valence-electron chi connectivity index (χ2n) is 7.11. The Kier molecular flexibility index (Phi) is 4.42. The van der Waals surface area contributed by atoms with Crippen LogP contribution in [-0.2, 0) is 20.8 Å². The van der Waals surface area contributed by atoms with Crippen LogP contribution in [0, 0.1) is 29.5 Å². The Balaban J connectivity index is 1.31. The van der Waals surface area contributed by atoms with Gasteiger partial charge in [0, 0.05) is 6.54 Å². The summed E-state index contributed by atoms with van der Waals surface area (Å²) in [7, 11) is 0. The van der Waals surface area contributed by atoms with Gasteiger partial charge in [-0.25, -0.2) is 4.39 Å². The van der Waals surface area contributed by atoms with E-state index in [0.717, 1.165) is 16.9 Å². The van der Waals surface area contributed by atoms with Gasteiger partial charge in [0.2, 0.25) is 17.7 Å². The number of nitrogens with one attached hydrogen (secondary N) is 1. The summed E-state index contributed by atoms with van der Waals surface area (Å²) >= 11 is 3.13. The summed E-state index contributed by atoms with van der Waals surface area (Å²) in [5.41, 5.74) is 0.879. The Morgan fingerprint density at radius 2 is 1.85 bits per heavy atom. The normalized spacial score (nSPS) is 28.8. The van der Waals surface area contributed by atoms with Gasteiger partial charge in [-0.05, 0) is 58.3 Å². The average molecular weight is 421 g/mol. The van der Waals surface area contributed by atoms with E-state index in [0.29, 0.717) is 17.4 Å². The van der Waals surface area contributed by atoms with Crippen molar-refractivity contribution in [2.75, 3.05) is 13.1 Å². The van der Waals surface area contributed by atoms with Crippen LogP contribution in [0.15, 0.2) is 34.8 Å². The van der Waals surface area contributed by atoms with Crippen molar-refractivity contribution in [2.24, 2.45) is 23.7 Å². The van der Waals surface area contributed by atoms with E-state index in [-0.39, 0.29) is 53.8 Å². The first-order chi connectivity index (χ1) is 12.5. The molecular formula is C19H18BrFN2O3. The summed E-state index contributed by atoms with van der Waals surface area (Å²) in [5.74, 6) is -1.38. The number of allylic oxidation sites excluding steroid dienone is 2. The summed E-state index contributed by atoms with van der Waals surface area (Å²) in [6.07, 6.45) is 5.47. The monoisotopic (exact) mass is 420 g/mol. The van der Waals surface area contributed by atoms with E-state index in [1.54, 1.807) is 12.1 Å². The molecule has 26 heavy (non-hydrogen) atoms. The van der Waals surface area contributed by atoms with Crippen molar-refractivity contribution in [2.45, 2.75) is 12.8 Å². The predicted octanol–water partition coefficient (Wildman–Crippen LogP) is 2.05. The lowest BCUT2D eigenvalue weighted by molar-refractivity contribution is -0.144. The molecule has 1 aliphatic heterocycles. The molecule has 2 aliphatic carbocycles. The molecular weight excluding hydrogens is 403 g/mol. The maximum Gasteiger partial charge on any atom is 0.240 e. The van der Waals surface area contributed by atoms with Gasteiger partial charge in [0.15, 0.2) is 0 Å². The van der Waals surface area contributed by atoms with Gasteiger partial charge < -0.3 is 5.32 Å². The van der Waals surface area contributed by atoms with E-state index in [1.807, 2.05) is 12.2 Å². The van der Waals surface area contributed by atoms with Gasteiger partial charge in [-0.2, -0.15) is 0 Å². The first kappa shape index (κ1) is 17.4. The lowest BCUT2D eigenvalue weighted by Crippen LogP contribution is -2.42. The Morgan fingerprint density at radius 1 is 1.19 bits per heavy atom. The van der Waals surface area contributed by atoms with Crippen molar-refractivity contribution < 1.29 is 18.8 Å². The quantitative estimate of drug-likeness (QED) is 0.585. The fraction of sp³-hybridized carbons (Fsp3) is 0.421. The third kappa shape index (κ3) is 2.88. The zero-order chi connectivity index (χ0) is 18.4. The molecule has 4 atom stereocenters. The van der Waals surface area contributed by atoms with Gasteiger partial charge in [0.25, 0.3) is 0 Å². The molecule has 136 valence electrons. The highest BCUT2D eigenvalue weighted by Gasteiger charge is 2.59. The van der Waals surface area contributed by atoms with Crippen LogP contribution in [0.25, 0.3) is 0 Å². The van der Waals surface area contributed by atoms with E-state index in [1.165, 1.54) is 6.07 Å². The van der Waals surface area contributed by atoms with E-state index >= 15 is 0 Å². The molecule has 1 saturated heterocycles. The number of imide groups is 1. The van der Waals surface area contributed by atoms with E-state index in [4.69, 9.17) is 0 Å². The number of likely N-dealkylation sites (tertiary alicyclic amines) is 1. The Labute approximate surface area is 158 Å². The van der Waals surface area contributed by atoms with Crippen molar-refractivity contribution >= 4 is 33.7 Å². The zero-order valence-corrected chi connectivity index (χ0v) is 15.5. The highest BCUT2D eigenvalue weighted by atomic mass is 79.9. The summed E-state index contributed by atoms with van der Waals surface area (Å²) in [5, 5.41) is 2.73. The van der Waals surface area contributed by atoms with Gasteiger partial charge in [0.1, 0.15) is 12.4 Å². The van der Waals surface area contributed by atoms with Crippen LogP contribution in [-0.4, -0.2) is 35.7 Å². The molecule has 3 aliphatic rings. The fourth-order valence-corrected chi connectivity index (χ4v) is 4.79. The van der Waals surface area contributed by atoms with Crippen molar-refractivity contribution in [3.05, 3.63) is 46.2 Å². The highest BCUT2D eigenvalue weighted by molar-refractivity contribution is 9.10. The molecule has 3 amide bonds. The van der Waals surface area contributed by atoms with Gasteiger partial charge in [0.05, 0.1) is 16.3 Å². The molecule has 4 rings (SSSR count). The van der Waals surface area contributed by atoms with Crippen LogP contribution >= 0.6 is 15.9 Å². The number of fused-ring (bicyclic) bond motifs is 5. The number of hydrogen-bond donors (Lipinski definition) is 1.